The zero-order valence-electron chi connectivity index (χ0n) is 20.6. The Kier molecular flexibility index (Phi) is 5.76. The minimum Gasteiger partial charge on any atom is -0.457 e. The number of rotatable bonds is 5. The Hall–Kier alpha value is -4.78. The Labute approximate surface area is 217 Å². The van der Waals surface area contributed by atoms with Crippen molar-refractivity contribution in [3.8, 4) is 0 Å². The van der Waals surface area contributed by atoms with Crippen LogP contribution in [0.4, 0.5) is 0 Å². The summed E-state index contributed by atoms with van der Waals surface area (Å²) in [5.41, 5.74) is 0.773. The maximum Gasteiger partial charge on any atom is 0.344 e. The van der Waals surface area contributed by atoms with Gasteiger partial charge in [0.15, 0.2) is 0 Å². The molecule has 0 N–H and O–H groups in total. The van der Waals surface area contributed by atoms with E-state index in [-0.39, 0.29) is 12.8 Å². The van der Waals surface area contributed by atoms with E-state index in [1.165, 1.54) is 21.5 Å². The second-order valence-corrected chi connectivity index (χ2v) is 9.56. The van der Waals surface area contributed by atoms with Crippen molar-refractivity contribution in [2.24, 2.45) is 0 Å². The van der Waals surface area contributed by atoms with Gasteiger partial charge >= 0.3 is 11.9 Å². The van der Waals surface area contributed by atoms with Crippen LogP contribution in [-0.2, 0) is 28.8 Å². The molecule has 1 aliphatic rings. The number of amides is 2. The first kappa shape index (κ1) is 23.6. The van der Waals surface area contributed by atoms with Crippen LogP contribution in [0, 0.1) is 0 Å². The van der Waals surface area contributed by atoms with Gasteiger partial charge in [-0.1, -0.05) is 36.4 Å². The van der Waals surface area contributed by atoms with Gasteiger partial charge in [-0.15, -0.1) is 5.06 Å². The minimum absolute atomic E-state index is 0.0159. The zero-order valence-corrected chi connectivity index (χ0v) is 20.6. The van der Waals surface area contributed by atoms with E-state index in [1.807, 2.05) is 30.3 Å². The van der Waals surface area contributed by atoms with E-state index in [9.17, 15) is 19.2 Å². The fourth-order valence-corrected chi connectivity index (χ4v) is 4.93. The van der Waals surface area contributed by atoms with Crippen LogP contribution in [0.25, 0.3) is 43.1 Å². The monoisotopic (exact) mass is 505 g/mol. The highest BCUT2D eigenvalue weighted by Gasteiger charge is 2.33. The molecule has 5 aromatic carbocycles. The molecule has 1 heterocycles. The number of fused-ring (bicyclic) bond motifs is 4. The highest BCUT2D eigenvalue weighted by atomic mass is 16.7. The summed E-state index contributed by atoms with van der Waals surface area (Å²) in [5, 5.41) is 9.48. The number of carbonyl (C=O) groups excluding carboxylic acids is 4. The normalized spacial score (nSPS) is 14.5. The Morgan fingerprint density at radius 1 is 0.684 bits per heavy atom. The van der Waals surface area contributed by atoms with Gasteiger partial charge in [0.1, 0.15) is 12.5 Å². The molecule has 2 amide bonds. The quantitative estimate of drug-likeness (QED) is 0.128. The standard InChI is InChI=1S/C31H23NO6/c1-18(37-30(35)17-31(36)38-32-28(33)8-9-29(32)34)19-6-7-22-13-26-15-24-11-20-4-2-3-5-21(20)12-25(24)16-27(26)14-23(22)10-19/h2-7,10-16,18H,8-9,17H2,1H3. The molecule has 7 heteroatoms. The van der Waals surface area contributed by atoms with E-state index in [0.29, 0.717) is 5.06 Å². The topological polar surface area (TPSA) is 90.0 Å². The molecule has 0 bridgehead atoms. The number of hydroxylamine groups is 2. The van der Waals surface area contributed by atoms with Crippen LogP contribution in [0.2, 0.25) is 0 Å². The minimum atomic E-state index is -1.02. The van der Waals surface area contributed by atoms with Crippen LogP contribution in [-0.4, -0.2) is 28.8 Å². The molecule has 0 saturated carbocycles. The first-order valence-corrected chi connectivity index (χ1v) is 12.4. The molecular weight excluding hydrogens is 482 g/mol. The summed E-state index contributed by atoms with van der Waals surface area (Å²) in [4.78, 5) is 52.2. The highest BCUT2D eigenvalue weighted by Crippen LogP contribution is 2.31. The summed E-state index contributed by atoms with van der Waals surface area (Å²) in [6.45, 7) is 1.72. The first-order chi connectivity index (χ1) is 18.3. The molecule has 5 aromatic rings. The number of hydrogen-bond acceptors (Lipinski definition) is 6. The van der Waals surface area contributed by atoms with Crippen LogP contribution in [0.1, 0.15) is 37.9 Å². The molecule has 1 fully saturated rings. The van der Waals surface area contributed by atoms with Crippen molar-refractivity contribution in [2.75, 3.05) is 0 Å². The Bertz CT molecular complexity index is 1790. The largest absolute Gasteiger partial charge is 0.457 e. The summed E-state index contributed by atoms with van der Waals surface area (Å²) < 4.78 is 5.43. The van der Waals surface area contributed by atoms with Gasteiger partial charge in [0.2, 0.25) is 0 Å². The van der Waals surface area contributed by atoms with Gasteiger partial charge in [-0.3, -0.25) is 14.4 Å². The van der Waals surface area contributed by atoms with Gasteiger partial charge in [0.05, 0.1) is 0 Å². The van der Waals surface area contributed by atoms with E-state index >= 15 is 0 Å². The van der Waals surface area contributed by atoms with Crippen molar-refractivity contribution in [3.63, 3.8) is 0 Å². The van der Waals surface area contributed by atoms with Crippen molar-refractivity contribution >= 4 is 66.8 Å². The molecule has 1 atom stereocenters. The number of nitrogens with zero attached hydrogens (tertiary/aromatic N) is 1. The number of imide groups is 1. The lowest BCUT2D eigenvalue weighted by molar-refractivity contribution is -0.199. The molecule has 1 saturated heterocycles. The summed E-state index contributed by atoms with van der Waals surface area (Å²) >= 11 is 0. The number of benzene rings is 5. The molecule has 38 heavy (non-hydrogen) atoms. The van der Waals surface area contributed by atoms with Crippen molar-refractivity contribution in [2.45, 2.75) is 32.3 Å². The number of esters is 1. The van der Waals surface area contributed by atoms with Gasteiger partial charge in [-0.25, -0.2) is 4.79 Å². The summed E-state index contributed by atoms with van der Waals surface area (Å²) in [6.07, 6.45) is -1.36. The van der Waals surface area contributed by atoms with Crippen molar-refractivity contribution in [1.82, 2.24) is 5.06 Å². The smallest absolute Gasteiger partial charge is 0.344 e. The molecule has 0 aromatic heterocycles. The molecule has 0 spiro atoms. The lowest BCUT2D eigenvalue weighted by atomic mass is 9.96. The molecule has 6 rings (SSSR count). The van der Waals surface area contributed by atoms with Crippen LogP contribution in [0.15, 0.2) is 78.9 Å². The molecular formula is C31H23NO6. The molecule has 188 valence electrons. The molecule has 7 nitrogen and oxygen atoms in total. The third kappa shape index (κ3) is 4.43. The van der Waals surface area contributed by atoms with Crippen LogP contribution in [0.3, 0.4) is 0 Å². The number of carbonyl (C=O) groups is 4. The van der Waals surface area contributed by atoms with Crippen LogP contribution < -0.4 is 0 Å². The van der Waals surface area contributed by atoms with E-state index in [1.54, 1.807) is 6.92 Å². The summed E-state index contributed by atoms with van der Waals surface area (Å²) in [7, 11) is 0. The Morgan fingerprint density at radius 2 is 1.16 bits per heavy atom. The fourth-order valence-electron chi connectivity index (χ4n) is 4.93. The molecule has 0 aliphatic carbocycles. The lowest BCUT2D eigenvalue weighted by Gasteiger charge is -2.16. The van der Waals surface area contributed by atoms with E-state index < -0.39 is 36.3 Å². The highest BCUT2D eigenvalue weighted by molar-refractivity contribution is 6.08. The van der Waals surface area contributed by atoms with E-state index in [2.05, 4.69) is 48.5 Å². The fraction of sp³-hybridized carbons (Fsp3) is 0.161. The summed E-state index contributed by atoms with van der Waals surface area (Å²) in [6, 6.07) is 27.2. The van der Waals surface area contributed by atoms with Gasteiger partial charge in [-0.05, 0) is 98.0 Å². The predicted octanol–water partition coefficient (Wildman–Crippen LogP) is 5.90. The van der Waals surface area contributed by atoms with E-state index in [0.717, 1.165) is 27.1 Å². The molecule has 0 radical (unpaired) electrons. The third-order valence-electron chi connectivity index (χ3n) is 6.90. The molecule has 1 aliphatic heterocycles. The van der Waals surface area contributed by atoms with Gasteiger partial charge in [0.25, 0.3) is 11.8 Å². The van der Waals surface area contributed by atoms with Crippen LogP contribution >= 0.6 is 0 Å². The zero-order chi connectivity index (χ0) is 26.4. The number of ether oxygens (including phenoxy) is 1. The van der Waals surface area contributed by atoms with Gasteiger partial charge < -0.3 is 9.57 Å². The SMILES string of the molecule is CC(OC(=O)CC(=O)ON1C(=O)CCC1=O)c1ccc2cc3cc4cc5ccccc5cc4cc3cc2c1. The average Bonchev–Trinajstić information content (AvgIpc) is 3.21. The first-order valence-electron chi connectivity index (χ1n) is 12.4. The Balaban J connectivity index is 1.21. The third-order valence-corrected chi connectivity index (χ3v) is 6.90. The van der Waals surface area contributed by atoms with Gasteiger partial charge in [0, 0.05) is 12.8 Å². The summed E-state index contributed by atoms with van der Waals surface area (Å²) in [5.74, 6) is -3.03. The van der Waals surface area contributed by atoms with Crippen LogP contribution in [0.5, 0.6) is 0 Å². The predicted molar refractivity (Wildman–Crippen MR) is 143 cm³/mol. The lowest BCUT2D eigenvalue weighted by Crippen LogP contribution is -2.33. The maximum absolute atomic E-state index is 12.3. The maximum atomic E-state index is 12.3. The number of hydrogen-bond donors (Lipinski definition) is 0. The van der Waals surface area contributed by atoms with Crippen molar-refractivity contribution in [1.29, 1.82) is 0 Å². The Morgan fingerprint density at radius 3 is 1.71 bits per heavy atom. The second kappa shape index (κ2) is 9.27. The van der Waals surface area contributed by atoms with Gasteiger partial charge in [-0.2, -0.15) is 0 Å². The van der Waals surface area contributed by atoms with E-state index in [4.69, 9.17) is 9.57 Å². The second-order valence-electron chi connectivity index (χ2n) is 9.56. The average molecular weight is 506 g/mol. The van der Waals surface area contributed by atoms with Crippen molar-refractivity contribution < 1.29 is 28.8 Å². The molecule has 1 unspecified atom stereocenters. The van der Waals surface area contributed by atoms with Crippen molar-refractivity contribution in [3.05, 3.63) is 84.4 Å².